The number of aromatic nitrogens is 3. The SMILES string of the molecule is Cn1cnc2cc(C(=O)Nc3cccc(N4CCOCC4)c3)cnc21. The van der Waals surface area contributed by atoms with Crippen molar-refractivity contribution in [3.8, 4) is 0 Å². The van der Waals surface area contributed by atoms with Crippen LogP contribution in [0.3, 0.4) is 0 Å². The molecule has 1 amide bonds. The number of aryl methyl sites for hydroxylation is 1. The van der Waals surface area contributed by atoms with E-state index < -0.39 is 0 Å². The second-order valence-electron chi connectivity index (χ2n) is 6.03. The van der Waals surface area contributed by atoms with E-state index >= 15 is 0 Å². The van der Waals surface area contributed by atoms with Crippen LogP contribution in [0.15, 0.2) is 42.9 Å². The molecule has 0 unspecified atom stereocenters. The average Bonchev–Trinajstić information content (AvgIpc) is 3.03. The summed E-state index contributed by atoms with van der Waals surface area (Å²) >= 11 is 0. The molecular weight excluding hydrogens is 318 g/mol. The van der Waals surface area contributed by atoms with E-state index in [4.69, 9.17) is 4.74 Å². The van der Waals surface area contributed by atoms with Gasteiger partial charge in [0.05, 0.1) is 25.1 Å². The van der Waals surface area contributed by atoms with Crippen molar-refractivity contribution in [2.24, 2.45) is 7.05 Å². The molecular formula is C18H19N5O2. The Balaban J connectivity index is 1.53. The Morgan fingerprint density at radius 2 is 2.04 bits per heavy atom. The van der Waals surface area contributed by atoms with Gasteiger partial charge in [0.25, 0.3) is 5.91 Å². The number of amides is 1. The van der Waals surface area contributed by atoms with Crippen molar-refractivity contribution in [2.45, 2.75) is 0 Å². The molecule has 0 saturated carbocycles. The van der Waals surface area contributed by atoms with Crippen LogP contribution in [0.5, 0.6) is 0 Å². The monoisotopic (exact) mass is 337 g/mol. The van der Waals surface area contributed by atoms with Gasteiger partial charge in [0.2, 0.25) is 0 Å². The Labute approximate surface area is 145 Å². The van der Waals surface area contributed by atoms with E-state index in [0.29, 0.717) is 11.1 Å². The minimum Gasteiger partial charge on any atom is -0.378 e. The van der Waals surface area contributed by atoms with Gasteiger partial charge in [-0.15, -0.1) is 0 Å². The van der Waals surface area contributed by atoms with Crippen LogP contribution >= 0.6 is 0 Å². The summed E-state index contributed by atoms with van der Waals surface area (Å²) in [5.74, 6) is -0.195. The second kappa shape index (κ2) is 6.52. The summed E-state index contributed by atoms with van der Waals surface area (Å²) in [6.07, 6.45) is 3.26. The molecule has 1 fully saturated rings. The molecule has 0 aliphatic carbocycles. The van der Waals surface area contributed by atoms with E-state index in [1.807, 2.05) is 35.9 Å². The standard InChI is InChI=1S/C18H19N5O2/c1-22-12-20-16-9-13(11-19-17(16)22)18(24)21-14-3-2-4-15(10-14)23-5-7-25-8-6-23/h2-4,9-12H,5-8H2,1H3,(H,21,24). The molecule has 7 heteroatoms. The van der Waals surface area contributed by atoms with Gasteiger partial charge in [-0.25, -0.2) is 9.97 Å². The highest BCUT2D eigenvalue weighted by Gasteiger charge is 2.13. The number of imidazole rings is 1. The third kappa shape index (κ3) is 3.18. The van der Waals surface area contributed by atoms with E-state index in [9.17, 15) is 4.79 Å². The number of fused-ring (bicyclic) bond motifs is 1. The maximum absolute atomic E-state index is 12.5. The Hall–Kier alpha value is -2.93. The molecule has 2 aromatic heterocycles. The first-order chi connectivity index (χ1) is 12.2. The molecule has 0 bridgehead atoms. The number of nitrogens with zero attached hydrogens (tertiary/aromatic N) is 4. The van der Waals surface area contributed by atoms with Crippen molar-refractivity contribution in [3.63, 3.8) is 0 Å². The molecule has 1 aliphatic rings. The molecule has 25 heavy (non-hydrogen) atoms. The minimum atomic E-state index is -0.195. The van der Waals surface area contributed by atoms with Crippen LogP contribution in [0.4, 0.5) is 11.4 Å². The molecule has 1 saturated heterocycles. The van der Waals surface area contributed by atoms with Gasteiger partial charge in [0.1, 0.15) is 5.52 Å². The number of anilines is 2. The normalized spacial score (nSPS) is 14.7. The van der Waals surface area contributed by atoms with Crippen molar-refractivity contribution in [3.05, 3.63) is 48.4 Å². The van der Waals surface area contributed by atoms with Crippen molar-refractivity contribution in [2.75, 3.05) is 36.5 Å². The molecule has 0 atom stereocenters. The van der Waals surface area contributed by atoms with Crippen LogP contribution in [0.1, 0.15) is 10.4 Å². The molecule has 1 aliphatic heterocycles. The summed E-state index contributed by atoms with van der Waals surface area (Å²) in [5, 5.41) is 2.94. The quantitative estimate of drug-likeness (QED) is 0.792. The average molecular weight is 337 g/mol. The number of carbonyl (C=O) groups excluding carboxylic acids is 1. The Kier molecular flexibility index (Phi) is 4.07. The predicted octanol–water partition coefficient (Wildman–Crippen LogP) is 2.06. The van der Waals surface area contributed by atoms with Gasteiger partial charge >= 0.3 is 0 Å². The van der Waals surface area contributed by atoms with Gasteiger partial charge in [0, 0.05) is 37.7 Å². The first-order valence-electron chi connectivity index (χ1n) is 8.22. The maximum atomic E-state index is 12.5. The lowest BCUT2D eigenvalue weighted by atomic mass is 10.2. The van der Waals surface area contributed by atoms with E-state index in [1.54, 1.807) is 18.6 Å². The summed E-state index contributed by atoms with van der Waals surface area (Å²) < 4.78 is 7.21. The predicted molar refractivity (Wildman–Crippen MR) is 95.9 cm³/mol. The Morgan fingerprint density at radius 1 is 1.20 bits per heavy atom. The third-order valence-electron chi connectivity index (χ3n) is 4.29. The lowest BCUT2D eigenvalue weighted by Gasteiger charge is -2.29. The van der Waals surface area contributed by atoms with Crippen LogP contribution in [-0.4, -0.2) is 46.7 Å². The largest absolute Gasteiger partial charge is 0.378 e. The molecule has 128 valence electrons. The van der Waals surface area contributed by atoms with Crippen molar-refractivity contribution >= 4 is 28.4 Å². The number of hydrogen-bond donors (Lipinski definition) is 1. The first-order valence-corrected chi connectivity index (χ1v) is 8.22. The summed E-state index contributed by atoms with van der Waals surface area (Å²) in [6, 6.07) is 9.61. The number of ether oxygens (including phenoxy) is 1. The van der Waals surface area contributed by atoms with Crippen LogP contribution in [0.2, 0.25) is 0 Å². The number of benzene rings is 1. The summed E-state index contributed by atoms with van der Waals surface area (Å²) in [7, 11) is 1.87. The third-order valence-corrected chi connectivity index (χ3v) is 4.29. The molecule has 7 nitrogen and oxygen atoms in total. The highest BCUT2D eigenvalue weighted by molar-refractivity contribution is 6.05. The number of hydrogen-bond acceptors (Lipinski definition) is 5. The number of nitrogens with one attached hydrogen (secondary N) is 1. The van der Waals surface area contributed by atoms with Crippen LogP contribution in [0, 0.1) is 0 Å². The lowest BCUT2D eigenvalue weighted by molar-refractivity contribution is 0.102. The molecule has 0 radical (unpaired) electrons. The maximum Gasteiger partial charge on any atom is 0.257 e. The minimum absolute atomic E-state index is 0.195. The molecule has 3 aromatic rings. The molecule has 1 N–H and O–H groups in total. The van der Waals surface area contributed by atoms with Gasteiger partial charge < -0.3 is 19.5 Å². The van der Waals surface area contributed by atoms with Gasteiger partial charge in [-0.3, -0.25) is 4.79 Å². The molecule has 1 aromatic carbocycles. The topological polar surface area (TPSA) is 72.3 Å². The highest BCUT2D eigenvalue weighted by Crippen LogP contribution is 2.21. The highest BCUT2D eigenvalue weighted by atomic mass is 16.5. The number of morpholine rings is 1. The van der Waals surface area contributed by atoms with Gasteiger partial charge in [0.15, 0.2) is 5.65 Å². The van der Waals surface area contributed by atoms with Gasteiger partial charge in [-0.2, -0.15) is 0 Å². The molecule has 0 spiro atoms. The Morgan fingerprint density at radius 3 is 2.88 bits per heavy atom. The first kappa shape index (κ1) is 15.6. The zero-order valence-corrected chi connectivity index (χ0v) is 14.0. The van der Waals surface area contributed by atoms with E-state index in [1.165, 1.54) is 0 Å². The van der Waals surface area contributed by atoms with E-state index in [2.05, 4.69) is 20.2 Å². The van der Waals surface area contributed by atoms with Crippen molar-refractivity contribution in [1.82, 2.24) is 14.5 Å². The number of carbonyl (C=O) groups is 1. The summed E-state index contributed by atoms with van der Waals surface area (Å²) in [4.78, 5) is 23.3. The van der Waals surface area contributed by atoms with E-state index in [0.717, 1.165) is 43.3 Å². The van der Waals surface area contributed by atoms with Crippen molar-refractivity contribution < 1.29 is 9.53 Å². The fourth-order valence-corrected chi connectivity index (χ4v) is 2.95. The fraction of sp³-hybridized carbons (Fsp3) is 0.278. The zero-order chi connectivity index (χ0) is 17.2. The summed E-state index contributed by atoms with van der Waals surface area (Å²) in [6.45, 7) is 3.17. The van der Waals surface area contributed by atoms with Crippen LogP contribution in [-0.2, 0) is 11.8 Å². The summed E-state index contributed by atoms with van der Waals surface area (Å²) in [5.41, 5.74) is 3.79. The smallest absolute Gasteiger partial charge is 0.257 e. The zero-order valence-electron chi connectivity index (χ0n) is 14.0. The molecule has 4 rings (SSSR count). The lowest BCUT2D eigenvalue weighted by Crippen LogP contribution is -2.36. The second-order valence-corrected chi connectivity index (χ2v) is 6.03. The molecule has 3 heterocycles. The van der Waals surface area contributed by atoms with E-state index in [-0.39, 0.29) is 5.91 Å². The number of rotatable bonds is 3. The van der Waals surface area contributed by atoms with Gasteiger partial charge in [-0.05, 0) is 24.3 Å². The van der Waals surface area contributed by atoms with Crippen molar-refractivity contribution in [1.29, 1.82) is 0 Å². The van der Waals surface area contributed by atoms with Crippen LogP contribution < -0.4 is 10.2 Å². The fourth-order valence-electron chi connectivity index (χ4n) is 2.95. The van der Waals surface area contributed by atoms with Crippen LogP contribution in [0.25, 0.3) is 11.2 Å². The van der Waals surface area contributed by atoms with Gasteiger partial charge in [-0.1, -0.05) is 6.07 Å². The number of pyridine rings is 1. The Bertz CT molecular complexity index is 915.